The number of thiazole rings is 1. The van der Waals surface area contributed by atoms with Gasteiger partial charge in [0, 0.05) is 29.1 Å². The van der Waals surface area contributed by atoms with Gasteiger partial charge in [0.05, 0.1) is 5.69 Å². The summed E-state index contributed by atoms with van der Waals surface area (Å²) in [4.78, 5) is 44.0. The topological polar surface area (TPSA) is 101 Å². The number of hydrogen-bond acceptors (Lipinski definition) is 6. The van der Waals surface area contributed by atoms with E-state index < -0.39 is 12.1 Å². The van der Waals surface area contributed by atoms with E-state index in [-0.39, 0.29) is 24.3 Å². The van der Waals surface area contributed by atoms with Gasteiger partial charge in [0.15, 0.2) is 5.13 Å². The van der Waals surface area contributed by atoms with Gasteiger partial charge in [0.2, 0.25) is 11.8 Å². The van der Waals surface area contributed by atoms with Crippen molar-refractivity contribution in [3.05, 3.63) is 65.5 Å². The van der Waals surface area contributed by atoms with E-state index in [9.17, 15) is 14.4 Å². The zero-order chi connectivity index (χ0) is 25.6. The van der Waals surface area contributed by atoms with Crippen LogP contribution < -0.4 is 10.6 Å². The van der Waals surface area contributed by atoms with E-state index in [0.717, 1.165) is 54.6 Å². The Morgan fingerprint density at radius 3 is 2.43 bits per heavy atom. The van der Waals surface area contributed by atoms with Gasteiger partial charge in [0.1, 0.15) is 12.6 Å². The van der Waals surface area contributed by atoms with E-state index in [4.69, 9.17) is 4.74 Å². The number of rotatable bonds is 7. The highest BCUT2D eigenvalue weighted by molar-refractivity contribution is 7.14. The van der Waals surface area contributed by atoms with E-state index in [1.807, 2.05) is 60.0 Å². The molecule has 1 aromatic heterocycles. The Bertz CT molecular complexity index is 1240. The van der Waals surface area contributed by atoms with Crippen LogP contribution in [0.25, 0.3) is 11.3 Å². The number of amides is 3. The molecule has 0 unspecified atom stereocenters. The Labute approximate surface area is 220 Å². The van der Waals surface area contributed by atoms with Crippen LogP contribution in [-0.4, -0.2) is 40.4 Å². The lowest BCUT2D eigenvalue weighted by Gasteiger charge is -2.22. The summed E-state index contributed by atoms with van der Waals surface area (Å²) in [6, 6.07) is 16.4. The van der Waals surface area contributed by atoms with E-state index >= 15 is 0 Å². The molecule has 2 heterocycles. The largest absolute Gasteiger partial charge is 0.445 e. The minimum absolute atomic E-state index is 0.0915. The first-order valence-electron chi connectivity index (χ1n) is 12.7. The highest BCUT2D eigenvalue weighted by Crippen LogP contribution is 2.29. The maximum absolute atomic E-state index is 13.0. The van der Waals surface area contributed by atoms with Crippen molar-refractivity contribution in [3.63, 3.8) is 0 Å². The minimum Gasteiger partial charge on any atom is -0.445 e. The molecule has 9 heteroatoms. The summed E-state index contributed by atoms with van der Waals surface area (Å²) in [5.74, 6) is -0.0558. The minimum atomic E-state index is -0.585. The lowest BCUT2D eigenvalue weighted by molar-refractivity contribution is -0.120. The maximum atomic E-state index is 13.0. The smallest absolute Gasteiger partial charge is 0.410 e. The highest BCUT2D eigenvalue weighted by Gasteiger charge is 2.35. The lowest BCUT2D eigenvalue weighted by Crippen LogP contribution is -2.43. The van der Waals surface area contributed by atoms with Crippen LogP contribution in [0.5, 0.6) is 0 Å². The third kappa shape index (κ3) is 6.17. The van der Waals surface area contributed by atoms with Gasteiger partial charge >= 0.3 is 6.09 Å². The molecule has 37 heavy (non-hydrogen) atoms. The van der Waals surface area contributed by atoms with Crippen LogP contribution in [0.15, 0.2) is 60.0 Å². The maximum Gasteiger partial charge on any atom is 0.410 e. The van der Waals surface area contributed by atoms with E-state index in [1.54, 1.807) is 0 Å². The van der Waals surface area contributed by atoms with Crippen LogP contribution in [0.2, 0.25) is 0 Å². The first-order chi connectivity index (χ1) is 18.1. The Hall–Kier alpha value is -3.72. The molecule has 1 saturated heterocycles. The van der Waals surface area contributed by atoms with Crippen molar-refractivity contribution in [2.24, 2.45) is 5.92 Å². The molecular formula is C28H30N4O4S. The molecule has 192 valence electrons. The van der Waals surface area contributed by atoms with Gasteiger partial charge in [0.25, 0.3) is 0 Å². The summed E-state index contributed by atoms with van der Waals surface area (Å²) in [5, 5.41) is 8.22. The van der Waals surface area contributed by atoms with Crippen LogP contribution >= 0.6 is 11.3 Å². The number of nitrogens with one attached hydrogen (secondary N) is 2. The number of anilines is 2. The first-order valence-corrected chi connectivity index (χ1v) is 13.6. The Morgan fingerprint density at radius 2 is 1.68 bits per heavy atom. The predicted molar refractivity (Wildman–Crippen MR) is 143 cm³/mol. The normalized spacial score (nSPS) is 17.5. The number of carbonyl (C=O) groups excluding carboxylic acids is 3. The molecule has 2 fully saturated rings. The quantitative estimate of drug-likeness (QED) is 0.419. The van der Waals surface area contributed by atoms with E-state index in [1.165, 1.54) is 16.2 Å². The van der Waals surface area contributed by atoms with Crippen molar-refractivity contribution in [2.75, 3.05) is 17.2 Å². The van der Waals surface area contributed by atoms with Crippen molar-refractivity contribution < 1.29 is 19.1 Å². The SMILES string of the molecule is O=C(Nc1ccc(-c2csc(NC(=O)[C@H]3CCCN3C(=O)OCc3ccccc3)n2)cc1)C1CCCC1. The van der Waals surface area contributed by atoms with Crippen molar-refractivity contribution in [1.29, 1.82) is 0 Å². The zero-order valence-electron chi connectivity index (χ0n) is 20.5. The Morgan fingerprint density at radius 1 is 0.919 bits per heavy atom. The molecule has 5 rings (SSSR count). The van der Waals surface area contributed by atoms with Crippen LogP contribution in [0.1, 0.15) is 44.1 Å². The molecule has 2 aliphatic rings. The van der Waals surface area contributed by atoms with Gasteiger partial charge in [-0.05, 0) is 43.4 Å². The average Bonchev–Trinajstić information content (AvgIpc) is 3.70. The average molecular weight is 519 g/mol. The molecule has 3 amide bonds. The van der Waals surface area contributed by atoms with Gasteiger partial charge in [-0.15, -0.1) is 11.3 Å². The number of ether oxygens (including phenoxy) is 1. The number of benzene rings is 2. The summed E-state index contributed by atoms with van der Waals surface area (Å²) in [5.41, 5.74) is 3.29. The van der Waals surface area contributed by atoms with Gasteiger partial charge < -0.3 is 15.4 Å². The Balaban J connectivity index is 1.15. The van der Waals surface area contributed by atoms with Gasteiger partial charge in [-0.25, -0.2) is 9.78 Å². The van der Waals surface area contributed by atoms with Crippen molar-refractivity contribution in [2.45, 2.75) is 51.2 Å². The number of nitrogens with zero attached hydrogens (tertiary/aromatic N) is 2. The molecule has 8 nitrogen and oxygen atoms in total. The van der Waals surface area contributed by atoms with Crippen LogP contribution in [0.3, 0.4) is 0 Å². The highest BCUT2D eigenvalue weighted by atomic mass is 32.1. The standard InChI is InChI=1S/C28H30N4O4S/c33-25(21-9-4-5-10-21)29-22-14-12-20(13-15-22)23-18-37-27(30-23)31-26(34)24-11-6-16-32(24)28(35)36-17-19-7-2-1-3-8-19/h1-3,7-8,12-15,18,21,24H,4-6,9-11,16-17H2,(H,29,33)(H,30,31,34)/t24-/m1/s1. The summed E-state index contributed by atoms with van der Waals surface area (Å²) in [7, 11) is 0. The fourth-order valence-corrected chi connectivity index (χ4v) is 5.59. The summed E-state index contributed by atoms with van der Waals surface area (Å²) in [6.07, 6.45) is 5.01. The number of aromatic nitrogens is 1. The fourth-order valence-electron chi connectivity index (χ4n) is 4.87. The molecule has 1 atom stereocenters. The van der Waals surface area contributed by atoms with Crippen LogP contribution in [0, 0.1) is 5.92 Å². The fraction of sp³-hybridized carbons (Fsp3) is 0.357. The summed E-state index contributed by atoms with van der Waals surface area (Å²) >= 11 is 1.33. The van der Waals surface area contributed by atoms with Crippen LogP contribution in [-0.2, 0) is 20.9 Å². The van der Waals surface area contributed by atoms with Gasteiger partial charge in [-0.3, -0.25) is 14.5 Å². The molecule has 0 bridgehead atoms. The first kappa shape index (κ1) is 25.0. The predicted octanol–water partition coefficient (Wildman–Crippen LogP) is 5.68. The molecule has 2 aromatic carbocycles. The van der Waals surface area contributed by atoms with Gasteiger partial charge in [-0.2, -0.15) is 0 Å². The molecular weight excluding hydrogens is 488 g/mol. The lowest BCUT2D eigenvalue weighted by atomic mass is 10.1. The molecule has 2 N–H and O–H groups in total. The third-order valence-electron chi connectivity index (χ3n) is 6.90. The second-order valence-corrected chi connectivity index (χ2v) is 10.3. The van der Waals surface area contributed by atoms with Crippen molar-refractivity contribution >= 4 is 40.1 Å². The second kappa shape index (κ2) is 11.6. The molecule has 0 spiro atoms. The summed E-state index contributed by atoms with van der Waals surface area (Å²) in [6.45, 7) is 0.655. The summed E-state index contributed by atoms with van der Waals surface area (Å²) < 4.78 is 5.43. The third-order valence-corrected chi connectivity index (χ3v) is 7.66. The Kier molecular flexibility index (Phi) is 7.79. The number of likely N-dealkylation sites (tertiary alicyclic amines) is 1. The van der Waals surface area contributed by atoms with Crippen LogP contribution in [0.4, 0.5) is 15.6 Å². The second-order valence-electron chi connectivity index (χ2n) is 9.47. The van der Waals surface area contributed by atoms with Crippen molar-refractivity contribution in [3.8, 4) is 11.3 Å². The number of hydrogen-bond donors (Lipinski definition) is 2. The number of carbonyl (C=O) groups is 3. The van der Waals surface area contributed by atoms with Gasteiger partial charge in [-0.1, -0.05) is 55.3 Å². The molecule has 1 aliphatic carbocycles. The molecule has 1 saturated carbocycles. The van der Waals surface area contributed by atoms with Crippen molar-refractivity contribution in [1.82, 2.24) is 9.88 Å². The molecule has 3 aromatic rings. The van der Waals surface area contributed by atoms with E-state index in [0.29, 0.717) is 18.1 Å². The molecule has 1 aliphatic heterocycles. The van der Waals surface area contributed by atoms with E-state index in [2.05, 4.69) is 15.6 Å². The zero-order valence-corrected chi connectivity index (χ0v) is 21.3. The molecule has 0 radical (unpaired) electrons. The monoisotopic (exact) mass is 518 g/mol.